The third kappa shape index (κ3) is 2.20. The average molecular weight is 240 g/mol. The van der Waals surface area contributed by atoms with Crippen LogP contribution in [0, 0.1) is 6.92 Å². The molecule has 1 aromatic carbocycles. The first kappa shape index (κ1) is 11.4. The molecule has 1 saturated heterocycles. The van der Waals surface area contributed by atoms with Gasteiger partial charge in [-0.1, -0.05) is 23.7 Å². The van der Waals surface area contributed by atoms with Crippen LogP contribution in [0.5, 0.6) is 0 Å². The molecular weight excluding hydrogens is 226 g/mol. The second kappa shape index (κ2) is 4.85. The minimum atomic E-state index is -0.145. The zero-order valence-electron chi connectivity index (χ0n) is 9.20. The summed E-state index contributed by atoms with van der Waals surface area (Å²) in [6.07, 6.45) is 1.99. The molecule has 2 rings (SSSR count). The molecule has 0 atom stereocenters. The van der Waals surface area contributed by atoms with Crippen LogP contribution in [-0.4, -0.2) is 24.1 Å². The van der Waals surface area contributed by atoms with Crippen molar-refractivity contribution in [3.8, 4) is 0 Å². The fraction of sp³-hybridized carbons (Fsp3) is 0.417. The molecule has 0 unspecified atom stereocenters. The first-order valence-electron chi connectivity index (χ1n) is 5.40. The highest BCUT2D eigenvalue weighted by Gasteiger charge is 2.21. The predicted molar refractivity (Wildman–Crippen MR) is 62.4 cm³/mol. The maximum Gasteiger partial charge on any atom is 0.278 e. The van der Waals surface area contributed by atoms with Crippen molar-refractivity contribution >= 4 is 17.5 Å². The van der Waals surface area contributed by atoms with E-state index in [2.05, 4.69) is 0 Å². The number of aryl methyl sites for hydroxylation is 1. The van der Waals surface area contributed by atoms with Crippen LogP contribution in [0.2, 0.25) is 5.02 Å². The number of amides is 1. The number of hydroxylamine groups is 2. The van der Waals surface area contributed by atoms with Crippen molar-refractivity contribution in [1.82, 2.24) is 5.06 Å². The molecule has 4 heteroatoms. The number of hydrogen-bond acceptors (Lipinski definition) is 2. The van der Waals surface area contributed by atoms with Crippen LogP contribution < -0.4 is 0 Å². The third-order valence-electron chi connectivity index (χ3n) is 2.65. The molecule has 0 bridgehead atoms. The quantitative estimate of drug-likeness (QED) is 0.754. The lowest BCUT2D eigenvalue weighted by Crippen LogP contribution is -2.35. The van der Waals surface area contributed by atoms with E-state index in [4.69, 9.17) is 16.4 Å². The van der Waals surface area contributed by atoms with Gasteiger partial charge in [0.15, 0.2) is 0 Å². The zero-order chi connectivity index (χ0) is 11.5. The molecule has 0 saturated carbocycles. The van der Waals surface area contributed by atoms with Gasteiger partial charge in [0.2, 0.25) is 0 Å². The molecule has 0 radical (unpaired) electrons. The van der Waals surface area contributed by atoms with Gasteiger partial charge in [-0.05, 0) is 31.4 Å². The Morgan fingerprint density at radius 1 is 1.44 bits per heavy atom. The molecule has 0 N–H and O–H groups in total. The van der Waals surface area contributed by atoms with Crippen LogP contribution in [0.4, 0.5) is 0 Å². The molecule has 1 aliphatic heterocycles. The third-order valence-corrected chi connectivity index (χ3v) is 3.15. The Bertz CT molecular complexity index is 400. The molecule has 1 amide bonds. The maximum atomic E-state index is 12.1. The molecule has 3 nitrogen and oxygen atoms in total. The molecule has 0 aromatic heterocycles. The fourth-order valence-electron chi connectivity index (χ4n) is 1.70. The average Bonchev–Trinajstić information content (AvgIpc) is 2.33. The Hall–Kier alpha value is -1.06. The first-order chi connectivity index (χ1) is 7.70. The lowest BCUT2D eigenvalue weighted by Gasteiger charge is -2.26. The van der Waals surface area contributed by atoms with Crippen molar-refractivity contribution in [3.05, 3.63) is 34.3 Å². The Kier molecular flexibility index (Phi) is 3.46. The molecular formula is C12H14ClNO2. The van der Waals surface area contributed by atoms with Crippen molar-refractivity contribution in [3.63, 3.8) is 0 Å². The van der Waals surface area contributed by atoms with Crippen molar-refractivity contribution in [2.75, 3.05) is 13.2 Å². The standard InChI is InChI=1S/C12H14ClNO2/c1-9-5-4-6-10(11(9)13)12(15)14-7-2-3-8-16-14/h4-6H,2-3,7-8H2,1H3. The van der Waals surface area contributed by atoms with Gasteiger partial charge in [-0.25, -0.2) is 5.06 Å². The van der Waals surface area contributed by atoms with Crippen molar-refractivity contribution in [1.29, 1.82) is 0 Å². The van der Waals surface area contributed by atoms with E-state index in [-0.39, 0.29) is 5.91 Å². The summed E-state index contributed by atoms with van der Waals surface area (Å²) in [4.78, 5) is 17.4. The number of carbonyl (C=O) groups is 1. The predicted octanol–water partition coefficient (Wildman–Crippen LogP) is 2.82. The summed E-state index contributed by atoms with van der Waals surface area (Å²) in [5, 5.41) is 1.92. The van der Waals surface area contributed by atoms with Crippen LogP contribution in [-0.2, 0) is 4.84 Å². The van der Waals surface area contributed by atoms with E-state index in [1.807, 2.05) is 19.1 Å². The maximum absolute atomic E-state index is 12.1. The minimum absolute atomic E-state index is 0.145. The van der Waals surface area contributed by atoms with Crippen LogP contribution in [0.15, 0.2) is 18.2 Å². The van der Waals surface area contributed by atoms with Crippen molar-refractivity contribution < 1.29 is 9.63 Å². The van der Waals surface area contributed by atoms with Crippen LogP contribution in [0.1, 0.15) is 28.8 Å². The molecule has 1 fully saturated rings. The van der Waals surface area contributed by atoms with Gasteiger partial charge in [-0.3, -0.25) is 9.63 Å². The largest absolute Gasteiger partial charge is 0.278 e. The summed E-state index contributed by atoms with van der Waals surface area (Å²) in [6.45, 7) is 3.13. The fourth-order valence-corrected chi connectivity index (χ4v) is 1.91. The van der Waals surface area contributed by atoms with Gasteiger partial charge >= 0.3 is 0 Å². The van der Waals surface area contributed by atoms with E-state index < -0.39 is 0 Å². The highest BCUT2D eigenvalue weighted by molar-refractivity contribution is 6.34. The SMILES string of the molecule is Cc1cccc(C(=O)N2CCCCO2)c1Cl. The Balaban J connectivity index is 2.22. The van der Waals surface area contributed by atoms with Crippen LogP contribution in [0.3, 0.4) is 0 Å². The number of rotatable bonds is 1. The van der Waals surface area contributed by atoms with E-state index in [0.717, 1.165) is 18.4 Å². The molecule has 0 aliphatic carbocycles. The first-order valence-corrected chi connectivity index (χ1v) is 5.78. The Morgan fingerprint density at radius 2 is 2.25 bits per heavy atom. The number of carbonyl (C=O) groups excluding carboxylic acids is 1. The van der Waals surface area contributed by atoms with E-state index in [1.54, 1.807) is 6.07 Å². The van der Waals surface area contributed by atoms with Gasteiger partial charge in [0.25, 0.3) is 5.91 Å². The minimum Gasteiger partial charge on any atom is -0.271 e. The van der Waals surface area contributed by atoms with Crippen molar-refractivity contribution in [2.45, 2.75) is 19.8 Å². The van der Waals surface area contributed by atoms with Gasteiger partial charge in [0, 0.05) is 6.54 Å². The molecule has 1 aromatic rings. The highest BCUT2D eigenvalue weighted by Crippen LogP contribution is 2.22. The van der Waals surface area contributed by atoms with Crippen LogP contribution >= 0.6 is 11.6 Å². The topological polar surface area (TPSA) is 29.5 Å². The zero-order valence-corrected chi connectivity index (χ0v) is 9.96. The van der Waals surface area contributed by atoms with Gasteiger partial charge in [0.1, 0.15) is 0 Å². The number of hydrogen-bond donors (Lipinski definition) is 0. The Morgan fingerprint density at radius 3 is 2.94 bits per heavy atom. The Labute approximate surface area is 99.9 Å². The van der Waals surface area contributed by atoms with Gasteiger partial charge < -0.3 is 0 Å². The summed E-state index contributed by atoms with van der Waals surface area (Å²) in [5.41, 5.74) is 1.42. The van der Waals surface area contributed by atoms with E-state index >= 15 is 0 Å². The van der Waals surface area contributed by atoms with E-state index in [0.29, 0.717) is 23.7 Å². The van der Waals surface area contributed by atoms with Crippen LogP contribution in [0.25, 0.3) is 0 Å². The summed E-state index contributed by atoms with van der Waals surface area (Å²) in [5.74, 6) is -0.145. The molecule has 1 aliphatic rings. The lowest BCUT2D eigenvalue weighted by atomic mass is 10.1. The second-order valence-electron chi connectivity index (χ2n) is 3.88. The lowest BCUT2D eigenvalue weighted by molar-refractivity contribution is -0.144. The molecule has 1 heterocycles. The number of benzene rings is 1. The summed E-state index contributed by atoms with van der Waals surface area (Å²) >= 11 is 6.10. The van der Waals surface area contributed by atoms with E-state index in [1.165, 1.54) is 5.06 Å². The van der Waals surface area contributed by atoms with Crippen molar-refractivity contribution in [2.24, 2.45) is 0 Å². The van der Waals surface area contributed by atoms with Gasteiger partial charge in [0.05, 0.1) is 17.2 Å². The second-order valence-corrected chi connectivity index (χ2v) is 4.26. The van der Waals surface area contributed by atoms with E-state index in [9.17, 15) is 4.79 Å². The monoisotopic (exact) mass is 239 g/mol. The summed E-state index contributed by atoms with van der Waals surface area (Å²) < 4.78 is 0. The number of nitrogens with zero attached hydrogens (tertiary/aromatic N) is 1. The highest BCUT2D eigenvalue weighted by atomic mass is 35.5. The molecule has 86 valence electrons. The molecule has 16 heavy (non-hydrogen) atoms. The van der Waals surface area contributed by atoms with Gasteiger partial charge in [-0.15, -0.1) is 0 Å². The molecule has 0 spiro atoms. The van der Waals surface area contributed by atoms with Gasteiger partial charge in [-0.2, -0.15) is 0 Å². The summed E-state index contributed by atoms with van der Waals surface area (Å²) in [7, 11) is 0. The summed E-state index contributed by atoms with van der Waals surface area (Å²) in [6, 6.07) is 5.45. The smallest absolute Gasteiger partial charge is 0.271 e. The normalized spacial score (nSPS) is 16.2. The number of halogens is 1.